The van der Waals surface area contributed by atoms with Gasteiger partial charge in [-0.1, -0.05) is 43.5 Å². The third-order valence-corrected chi connectivity index (χ3v) is 5.68. The summed E-state index contributed by atoms with van der Waals surface area (Å²) in [6.45, 7) is 4.36. The van der Waals surface area contributed by atoms with Gasteiger partial charge in [-0.2, -0.15) is 0 Å². The maximum Gasteiger partial charge on any atom is 0.162 e. The van der Waals surface area contributed by atoms with Gasteiger partial charge >= 0.3 is 0 Å². The Kier molecular flexibility index (Phi) is 4.65. The fourth-order valence-electron chi connectivity index (χ4n) is 4.03. The predicted molar refractivity (Wildman–Crippen MR) is 87.1 cm³/mol. The number of hydrogen-bond donors (Lipinski definition) is 0. The van der Waals surface area contributed by atoms with E-state index in [1.807, 2.05) is 12.1 Å². The molecule has 0 saturated heterocycles. The zero-order valence-corrected chi connectivity index (χ0v) is 13.7. The third-order valence-electron chi connectivity index (χ3n) is 5.68. The van der Waals surface area contributed by atoms with Crippen LogP contribution in [-0.4, -0.2) is 0 Å². The molecule has 2 heteroatoms. The second kappa shape index (κ2) is 6.52. The molecule has 120 valence electrons. The summed E-state index contributed by atoms with van der Waals surface area (Å²) in [4.78, 5) is 0. The van der Waals surface area contributed by atoms with E-state index in [2.05, 4.69) is 19.9 Å². The van der Waals surface area contributed by atoms with Crippen LogP contribution < -0.4 is 0 Å². The maximum absolute atomic E-state index is 14.6. The first kappa shape index (κ1) is 15.7. The van der Waals surface area contributed by atoms with Crippen molar-refractivity contribution in [3.05, 3.63) is 46.5 Å². The van der Waals surface area contributed by atoms with Gasteiger partial charge < -0.3 is 0 Å². The van der Waals surface area contributed by atoms with Gasteiger partial charge in [-0.05, 0) is 67.9 Å². The lowest BCUT2D eigenvalue weighted by Gasteiger charge is -2.28. The van der Waals surface area contributed by atoms with Crippen molar-refractivity contribution in [2.45, 2.75) is 70.6 Å². The molecular weight excluding hydrogens is 278 g/mol. The molecule has 1 saturated carbocycles. The molecule has 0 aromatic heterocycles. The van der Waals surface area contributed by atoms with E-state index in [-0.39, 0.29) is 11.8 Å². The molecule has 22 heavy (non-hydrogen) atoms. The SMILES string of the molecule is CC1=CCC(c2ccc(C3CCC(C)CC3)c(F)c2F)CC1. The van der Waals surface area contributed by atoms with Gasteiger partial charge in [0.15, 0.2) is 11.6 Å². The smallest absolute Gasteiger partial charge is 0.162 e. The topological polar surface area (TPSA) is 0 Å². The summed E-state index contributed by atoms with van der Waals surface area (Å²) in [6, 6.07) is 3.71. The van der Waals surface area contributed by atoms with Gasteiger partial charge in [0.1, 0.15) is 0 Å². The van der Waals surface area contributed by atoms with Gasteiger partial charge in [0.2, 0.25) is 0 Å². The zero-order valence-electron chi connectivity index (χ0n) is 13.7. The van der Waals surface area contributed by atoms with E-state index in [1.54, 1.807) is 0 Å². The molecule has 1 fully saturated rings. The molecule has 2 aliphatic carbocycles. The lowest BCUT2D eigenvalue weighted by molar-refractivity contribution is 0.338. The molecule has 3 rings (SSSR count). The molecule has 1 aromatic carbocycles. The highest BCUT2D eigenvalue weighted by Crippen LogP contribution is 2.40. The van der Waals surface area contributed by atoms with Crippen LogP contribution in [0.15, 0.2) is 23.8 Å². The number of halogens is 2. The molecule has 0 N–H and O–H groups in total. The molecule has 0 spiro atoms. The Morgan fingerprint density at radius 1 is 0.864 bits per heavy atom. The van der Waals surface area contributed by atoms with Crippen molar-refractivity contribution < 1.29 is 8.78 Å². The van der Waals surface area contributed by atoms with Crippen molar-refractivity contribution in [3.63, 3.8) is 0 Å². The zero-order chi connectivity index (χ0) is 15.7. The van der Waals surface area contributed by atoms with Crippen LogP contribution in [0.1, 0.15) is 81.8 Å². The van der Waals surface area contributed by atoms with E-state index >= 15 is 0 Å². The first-order valence-corrected chi connectivity index (χ1v) is 8.69. The number of rotatable bonds is 2. The van der Waals surface area contributed by atoms with Crippen LogP contribution in [0.2, 0.25) is 0 Å². The van der Waals surface area contributed by atoms with Gasteiger partial charge in [0.05, 0.1) is 0 Å². The molecule has 2 aliphatic rings. The van der Waals surface area contributed by atoms with Crippen LogP contribution in [0.4, 0.5) is 8.78 Å². The molecule has 0 heterocycles. The molecular formula is C20H26F2. The molecule has 0 aliphatic heterocycles. The quantitative estimate of drug-likeness (QED) is 0.549. The second-order valence-electron chi connectivity index (χ2n) is 7.35. The molecule has 1 aromatic rings. The van der Waals surface area contributed by atoms with Crippen LogP contribution in [0.5, 0.6) is 0 Å². The van der Waals surface area contributed by atoms with Crippen molar-refractivity contribution >= 4 is 0 Å². The summed E-state index contributed by atoms with van der Waals surface area (Å²) in [5, 5.41) is 0. The van der Waals surface area contributed by atoms with Crippen LogP contribution in [0.3, 0.4) is 0 Å². The van der Waals surface area contributed by atoms with Crippen LogP contribution in [0, 0.1) is 17.6 Å². The highest BCUT2D eigenvalue weighted by molar-refractivity contribution is 5.32. The van der Waals surface area contributed by atoms with Gasteiger partial charge in [-0.25, -0.2) is 8.78 Å². The maximum atomic E-state index is 14.6. The Morgan fingerprint density at radius 3 is 2.00 bits per heavy atom. The summed E-state index contributed by atoms with van der Waals surface area (Å²) >= 11 is 0. The lowest BCUT2D eigenvalue weighted by Crippen LogP contribution is -2.14. The van der Waals surface area contributed by atoms with Crippen molar-refractivity contribution in [3.8, 4) is 0 Å². The van der Waals surface area contributed by atoms with E-state index < -0.39 is 11.6 Å². The fourth-order valence-corrected chi connectivity index (χ4v) is 4.03. The standard InChI is InChI=1S/C20H26F2/c1-13-3-7-15(8-4-13)17-11-12-18(20(22)19(17)21)16-9-5-14(2)6-10-16/h3,11-12,14-16H,4-10H2,1-2H3. The molecule has 0 bridgehead atoms. The minimum atomic E-state index is -0.589. The molecule has 1 unspecified atom stereocenters. The first-order chi connectivity index (χ1) is 10.6. The summed E-state index contributed by atoms with van der Waals surface area (Å²) in [5.74, 6) is -0.107. The van der Waals surface area contributed by atoms with Crippen molar-refractivity contribution in [2.24, 2.45) is 5.92 Å². The highest BCUT2D eigenvalue weighted by atomic mass is 19.2. The van der Waals surface area contributed by atoms with E-state index in [0.29, 0.717) is 11.1 Å². The Hall–Kier alpha value is -1.18. The molecule has 0 amide bonds. The largest absolute Gasteiger partial charge is 0.203 e. The normalized spacial score (nSPS) is 29.3. The van der Waals surface area contributed by atoms with E-state index in [0.717, 1.165) is 50.9 Å². The van der Waals surface area contributed by atoms with E-state index in [4.69, 9.17) is 0 Å². The fraction of sp³-hybridized carbons (Fsp3) is 0.600. The number of allylic oxidation sites excluding steroid dienone is 2. The average Bonchev–Trinajstić information content (AvgIpc) is 2.52. The van der Waals surface area contributed by atoms with Gasteiger partial charge in [0.25, 0.3) is 0 Å². The van der Waals surface area contributed by atoms with Crippen molar-refractivity contribution in [2.75, 3.05) is 0 Å². The summed E-state index contributed by atoms with van der Waals surface area (Å²) in [7, 11) is 0. The minimum absolute atomic E-state index is 0.138. The molecule has 0 radical (unpaired) electrons. The Balaban J connectivity index is 1.82. The van der Waals surface area contributed by atoms with Crippen molar-refractivity contribution in [1.29, 1.82) is 0 Å². The van der Waals surface area contributed by atoms with Gasteiger partial charge in [0, 0.05) is 0 Å². The minimum Gasteiger partial charge on any atom is -0.203 e. The predicted octanol–water partition coefficient (Wildman–Crippen LogP) is 6.47. The number of hydrogen-bond acceptors (Lipinski definition) is 0. The van der Waals surface area contributed by atoms with Gasteiger partial charge in [-0.3, -0.25) is 0 Å². The second-order valence-corrected chi connectivity index (χ2v) is 7.35. The van der Waals surface area contributed by atoms with Crippen LogP contribution in [-0.2, 0) is 0 Å². The summed E-state index contributed by atoms with van der Waals surface area (Å²) in [5.41, 5.74) is 2.55. The summed E-state index contributed by atoms with van der Waals surface area (Å²) in [6.07, 6.45) is 9.15. The number of benzene rings is 1. The Bertz CT molecular complexity index is 565. The van der Waals surface area contributed by atoms with E-state index in [9.17, 15) is 8.78 Å². The molecule has 0 nitrogen and oxygen atoms in total. The lowest BCUT2D eigenvalue weighted by atomic mass is 9.78. The molecule has 1 atom stereocenters. The first-order valence-electron chi connectivity index (χ1n) is 8.69. The van der Waals surface area contributed by atoms with Crippen LogP contribution >= 0.6 is 0 Å². The summed E-state index contributed by atoms with van der Waals surface area (Å²) < 4.78 is 29.2. The highest BCUT2D eigenvalue weighted by Gasteiger charge is 2.27. The Morgan fingerprint density at radius 2 is 1.45 bits per heavy atom. The van der Waals surface area contributed by atoms with Crippen LogP contribution in [0.25, 0.3) is 0 Å². The van der Waals surface area contributed by atoms with Crippen molar-refractivity contribution in [1.82, 2.24) is 0 Å². The monoisotopic (exact) mass is 304 g/mol. The Labute approximate surface area is 132 Å². The van der Waals surface area contributed by atoms with E-state index in [1.165, 1.54) is 5.57 Å². The van der Waals surface area contributed by atoms with Gasteiger partial charge in [-0.15, -0.1) is 0 Å². The average molecular weight is 304 g/mol. The third kappa shape index (κ3) is 3.11.